The Morgan fingerprint density at radius 2 is 1.93 bits per heavy atom. The number of rotatable bonds is 7. The predicted molar refractivity (Wildman–Crippen MR) is 116 cm³/mol. The quantitative estimate of drug-likeness (QED) is 0.432. The van der Waals surface area contributed by atoms with Crippen LogP contribution in [0.1, 0.15) is 16.7 Å². The summed E-state index contributed by atoms with van der Waals surface area (Å²) in [4.78, 5) is 25.8. The van der Waals surface area contributed by atoms with Gasteiger partial charge in [-0.15, -0.1) is 6.58 Å². The molecule has 29 heavy (non-hydrogen) atoms. The van der Waals surface area contributed by atoms with Gasteiger partial charge in [0.1, 0.15) is 6.61 Å². The number of methoxy groups -OCH3 is 1. The molecule has 5 nitrogen and oxygen atoms in total. The van der Waals surface area contributed by atoms with Crippen molar-refractivity contribution in [2.45, 2.75) is 13.5 Å². The third-order valence-electron chi connectivity index (χ3n) is 4.24. The molecule has 0 radical (unpaired) electrons. The number of nitrogens with zero attached hydrogens (tertiary/aromatic N) is 1. The number of halogens is 1. The van der Waals surface area contributed by atoms with E-state index in [1.54, 1.807) is 18.2 Å². The maximum atomic E-state index is 12.4. The molecule has 1 aliphatic rings. The first kappa shape index (κ1) is 21.0. The lowest BCUT2D eigenvalue weighted by molar-refractivity contribution is -0.122. The van der Waals surface area contributed by atoms with E-state index in [-0.39, 0.29) is 17.7 Å². The van der Waals surface area contributed by atoms with Gasteiger partial charge in [-0.1, -0.05) is 47.5 Å². The molecule has 3 rings (SSSR count). The van der Waals surface area contributed by atoms with Gasteiger partial charge in [0.05, 0.1) is 17.0 Å². The number of hydrogen-bond acceptors (Lipinski definition) is 5. The molecule has 0 atom stereocenters. The third kappa shape index (κ3) is 4.83. The van der Waals surface area contributed by atoms with Crippen molar-refractivity contribution in [1.82, 2.24) is 4.90 Å². The average Bonchev–Trinajstić information content (AvgIpc) is 2.96. The summed E-state index contributed by atoms with van der Waals surface area (Å²) in [6.07, 6.45) is 3.13. The Labute approximate surface area is 178 Å². The van der Waals surface area contributed by atoms with Crippen LogP contribution in [0.3, 0.4) is 0 Å². The first-order valence-corrected chi connectivity index (χ1v) is 10.0. The minimum absolute atomic E-state index is 0.178. The zero-order valence-corrected chi connectivity index (χ0v) is 17.7. The van der Waals surface area contributed by atoms with E-state index in [2.05, 4.69) is 6.58 Å². The van der Waals surface area contributed by atoms with Crippen molar-refractivity contribution in [3.63, 3.8) is 0 Å². The topological polar surface area (TPSA) is 55.8 Å². The molecule has 1 aliphatic heterocycles. The van der Waals surface area contributed by atoms with Crippen molar-refractivity contribution in [3.8, 4) is 11.5 Å². The van der Waals surface area contributed by atoms with Gasteiger partial charge >= 0.3 is 0 Å². The first-order chi connectivity index (χ1) is 13.9. The largest absolute Gasteiger partial charge is 0.493 e. The van der Waals surface area contributed by atoms with E-state index in [1.807, 2.05) is 31.2 Å². The summed E-state index contributed by atoms with van der Waals surface area (Å²) in [7, 11) is 1.52. The highest BCUT2D eigenvalue weighted by atomic mass is 35.5. The van der Waals surface area contributed by atoms with Crippen molar-refractivity contribution in [2.24, 2.45) is 0 Å². The van der Waals surface area contributed by atoms with Gasteiger partial charge in [0, 0.05) is 6.54 Å². The van der Waals surface area contributed by atoms with E-state index in [0.717, 1.165) is 22.2 Å². The number of aryl methyl sites for hydroxylation is 1. The fourth-order valence-electron chi connectivity index (χ4n) is 2.74. The van der Waals surface area contributed by atoms with E-state index in [9.17, 15) is 9.59 Å². The van der Waals surface area contributed by atoms with Crippen LogP contribution in [0.25, 0.3) is 6.08 Å². The fraction of sp³-hybridized carbons (Fsp3) is 0.182. The number of thioether (sulfide) groups is 1. The second kappa shape index (κ2) is 9.20. The van der Waals surface area contributed by atoms with Crippen LogP contribution in [0.4, 0.5) is 4.79 Å². The van der Waals surface area contributed by atoms with Crippen LogP contribution in [0.15, 0.2) is 54.0 Å². The average molecular weight is 430 g/mol. The maximum absolute atomic E-state index is 12.4. The summed E-state index contributed by atoms with van der Waals surface area (Å²) in [6.45, 7) is 6.11. The van der Waals surface area contributed by atoms with Gasteiger partial charge in [0.15, 0.2) is 11.5 Å². The highest BCUT2D eigenvalue weighted by Crippen LogP contribution is 2.39. The summed E-state index contributed by atoms with van der Waals surface area (Å²) in [5.74, 6) is 0.516. The summed E-state index contributed by atoms with van der Waals surface area (Å²) >= 11 is 7.30. The van der Waals surface area contributed by atoms with E-state index in [0.29, 0.717) is 33.6 Å². The summed E-state index contributed by atoms with van der Waals surface area (Å²) in [5.41, 5.74) is 2.82. The number of carbonyl (C=O) groups is 2. The zero-order valence-electron chi connectivity index (χ0n) is 16.1. The molecule has 0 bridgehead atoms. The molecule has 0 saturated carbocycles. The van der Waals surface area contributed by atoms with Gasteiger partial charge in [0.2, 0.25) is 0 Å². The van der Waals surface area contributed by atoms with E-state index in [4.69, 9.17) is 21.1 Å². The van der Waals surface area contributed by atoms with Gasteiger partial charge in [-0.2, -0.15) is 0 Å². The van der Waals surface area contributed by atoms with E-state index < -0.39 is 0 Å². The van der Waals surface area contributed by atoms with Crippen LogP contribution in [0.2, 0.25) is 5.02 Å². The predicted octanol–water partition coefficient (Wildman–Crippen LogP) is 5.46. The van der Waals surface area contributed by atoms with Gasteiger partial charge in [-0.05, 0) is 48.0 Å². The van der Waals surface area contributed by atoms with Crippen LogP contribution in [-0.4, -0.2) is 29.7 Å². The molecule has 0 aliphatic carbocycles. The van der Waals surface area contributed by atoms with Crippen LogP contribution in [0.5, 0.6) is 11.5 Å². The van der Waals surface area contributed by atoms with Crippen molar-refractivity contribution >= 4 is 40.6 Å². The number of carbonyl (C=O) groups excluding carboxylic acids is 2. The Hall–Kier alpha value is -2.70. The zero-order chi connectivity index (χ0) is 21.0. The first-order valence-electron chi connectivity index (χ1n) is 8.85. The number of amides is 2. The number of hydrogen-bond donors (Lipinski definition) is 0. The van der Waals surface area contributed by atoms with Crippen LogP contribution in [0, 0.1) is 6.92 Å². The molecule has 0 unspecified atom stereocenters. The van der Waals surface area contributed by atoms with Crippen molar-refractivity contribution in [1.29, 1.82) is 0 Å². The van der Waals surface area contributed by atoms with Gasteiger partial charge < -0.3 is 9.47 Å². The summed E-state index contributed by atoms with van der Waals surface area (Å²) in [5, 5.41) is 0.0327. The van der Waals surface area contributed by atoms with Gasteiger partial charge in [-0.3, -0.25) is 14.5 Å². The normalized spacial score (nSPS) is 15.1. The van der Waals surface area contributed by atoms with Crippen LogP contribution in [-0.2, 0) is 11.4 Å². The van der Waals surface area contributed by atoms with Gasteiger partial charge in [-0.25, -0.2) is 0 Å². The molecule has 2 amide bonds. The molecular weight excluding hydrogens is 410 g/mol. The van der Waals surface area contributed by atoms with Crippen LogP contribution < -0.4 is 9.47 Å². The Morgan fingerprint density at radius 1 is 1.21 bits per heavy atom. The summed E-state index contributed by atoms with van der Waals surface area (Å²) in [6, 6.07) is 11.4. The lowest BCUT2D eigenvalue weighted by Gasteiger charge is -2.14. The third-order valence-corrected chi connectivity index (χ3v) is 5.43. The molecule has 0 N–H and O–H groups in total. The Morgan fingerprint density at radius 3 is 2.59 bits per heavy atom. The molecule has 1 fully saturated rings. The molecular formula is C22H20ClNO4S. The Bertz CT molecular complexity index is 985. The molecule has 0 aromatic heterocycles. The van der Waals surface area contributed by atoms with Crippen LogP contribution >= 0.6 is 23.4 Å². The second-order valence-electron chi connectivity index (χ2n) is 6.39. The monoisotopic (exact) mass is 429 g/mol. The molecule has 150 valence electrons. The van der Waals surface area contributed by atoms with Crippen molar-refractivity contribution < 1.29 is 19.1 Å². The number of imide groups is 1. The highest BCUT2D eigenvalue weighted by Gasteiger charge is 2.34. The van der Waals surface area contributed by atoms with Crippen molar-refractivity contribution in [3.05, 3.63) is 75.7 Å². The maximum Gasteiger partial charge on any atom is 0.293 e. The Kier molecular flexibility index (Phi) is 6.67. The number of benzene rings is 2. The standard InChI is InChI=1S/C22H20ClNO4S/c1-4-9-24-21(25)19(29-22(24)26)12-16-10-17(23)20(18(11-16)27-3)28-13-15-7-5-14(2)6-8-15/h4-8,10-12H,1,9,13H2,2-3H3/b19-12+. The highest BCUT2D eigenvalue weighted by molar-refractivity contribution is 8.18. The molecule has 1 saturated heterocycles. The lowest BCUT2D eigenvalue weighted by Crippen LogP contribution is -2.27. The minimum Gasteiger partial charge on any atom is -0.493 e. The van der Waals surface area contributed by atoms with Crippen molar-refractivity contribution in [2.75, 3.05) is 13.7 Å². The smallest absolute Gasteiger partial charge is 0.293 e. The van der Waals surface area contributed by atoms with E-state index in [1.165, 1.54) is 18.7 Å². The fourth-order valence-corrected chi connectivity index (χ4v) is 3.86. The van der Waals surface area contributed by atoms with Gasteiger partial charge in [0.25, 0.3) is 11.1 Å². The molecule has 1 heterocycles. The second-order valence-corrected chi connectivity index (χ2v) is 7.79. The molecule has 0 spiro atoms. The molecule has 2 aromatic carbocycles. The Balaban J connectivity index is 1.83. The molecule has 2 aromatic rings. The van der Waals surface area contributed by atoms with E-state index >= 15 is 0 Å². The molecule has 7 heteroatoms. The minimum atomic E-state index is -0.352. The summed E-state index contributed by atoms with van der Waals surface area (Å²) < 4.78 is 11.3. The lowest BCUT2D eigenvalue weighted by atomic mass is 10.1. The SMILES string of the molecule is C=CCN1C(=O)S/C(=C/c2cc(Cl)c(OCc3ccc(C)cc3)c(OC)c2)C1=O. The number of ether oxygens (including phenoxy) is 2.